The first-order chi connectivity index (χ1) is 8.97. The van der Waals surface area contributed by atoms with Crippen LogP contribution in [0.3, 0.4) is 0 Å². The summed E-state index contributed by atoms with van der Waals surface area (Å²) in [6, 6.07) is 2.10. The zero-order chi connectivity index (χ0) is 14.4. The van der Waals surface area contributed by atoms with Crippen LogP contribution in [0.5, 0.6) is 0 Å². The third-order valence-corrected chi connectivity index (χ3v) is 3.07. The van der Waals surface area contributed by atoms with Gasteiger partial charge in [-0.25, -0.2) is 4.39 Å². The van der Waals surface area contributed by atoms with Gasteiger partial charge in [-0.1, -0.05) is 11.6 Å². The zero-order valence-corrected chi connectivity index (χ0v) is 11.4. The summed E-state index contributed by atoms with van der Waals surface area (Å²) < 4.78 is 13.3. The van der Waals surface area contributed by atoms with Gasteiger partial charge >= 0.3 is 0 Å². The minimum Gasteiger partial charge on any atom is -0.396 e. The second-order valence-corrected chi connectivity index (χ2v) is 4.63. The molecule has 1 rings (SSSR count). The third kappa shape index (κ3) is 4.33. The van der Waals surface area contributed by atoms with Crippen LogP contribution in [0.25, 0.3) is 0 Å². The first kappa shape index (κ1) is 15.7. The number of halogens is 2. The minimum absolute atomic E-state index is 0.131. The molecule has 0 aromatic heterocycles. The number of benzene rings is 1. The van der Waals surface area contributed by atoms with Gasteiger partial charge in [0, 0.05) is 20.2 Å². The van der Waals surface area contributed by atoms with Crippen LogP contribution in [0.1, 0.15) is 19.3 Å². The fourth-order valence-electron chi connectivity index (χ4n) is 1.74. The molecular weight excluding hydrogens is 275 g/mol. The number of hydrogen-bond donors (Lipinski definition) is 1. The Bertz CT molecular complexity index is 457. The summed E-state index contributed by atoms with van der Waals surface area (Å²) in [7, 11) is 1.69. The SMILES string of the molecule is CN(CCCCCO)c1cc(Cl)c(F)cc1[N+](=O)[O-]. The molecule has 7 heteroatoms. The van der Waals surface area contributed by atoms with Crippen molar-refractivity contribution in [3.05, 3.63) is 33.1 Å². The number of hydrogen-bond acceptors (Lipinski definition) is 4. The van der Waals surface area contributed by atoms with Gasteiger partial charge in [0.05, 0.1) is 16.0 Å². The van der Waals surface area contributed by atoms with E-state index in [9.17, 15) is 14.5 Å². The predicted molar refractivity (Wildman–Crippen MR) is 72.3 cm³/mol. The largest absolute Gasteiger partial charge is 0.396 e. The number of rotatable bonds is 7. The van der Waals surface area contributed by atoms with Crippen molar-refractivity contribution < 1.29 is 14.4 Å². The number of aliphatic hydroxyl groups is 1. The Hall–Kier alpha value is -1.40. The lowest BCUT2D eigenvalue weighted by Gasteiger charge is -2.19. The molecule has 0 radical (unpaired) electrons. The van der Waals surface area contributed by atoms with E-state index < -0.39 is 10.7 Å². The number of nitrogens with zero attached hydrogens (tertiary/aromatic N) is 2. The van der Waals surface area contributed by atoms with Crippen LogP contribution in [-0.2, 0) is 0 Å². The van der Waals surface area contributed by atoms with Crippen molar-refractivity contribution >= 4 is 23.0 Å². The number of aliphatic hydroxyl groups excluding tert-OH is 1. The maximum atomic E-state index is 13.3. The summed E-state index contributed by atoms with van der Waals surface area (Å²) in [5.74, 6) is -0.800. The minimum atomic E-state index is -0.800. The average Bonchev–Trinajstić information content (AvgIpc) is 2.36. The van der Waals surface area contributed by atoms with Gasteiger partial charge in [-0.2, -0.15) is 0 Å². The Balaban J connectivity index is 2.85. The second-order valence-electron chi connectivity index (χ2n) is 4.22. The van der Waals surface area contributed by atoms with Crippen molar-refractivity contribution in [2.24, 2.45) is 0 Å². The molecule has 1 aromatic carbocycles. The molecular formula is C12H16ClFN2O3. The summed E-state index contributed by atoms with van der Waals surface area (Å²) in [5, 5.41) is 19.4. The Morgan fingerprint density at radius 3 is 2.68 bits per heavy atom. The molecule has 0 saturated heterocycles. The van der Waals surface area contributed by atoms with Crippen molar-refractivity contribution in [1.82, 2.24) is 0 Å². The number of nitro benzene ring substituents is 1. The Morgan fingerprint density at radius 1 is 1.42 bits per heavy atom. The molecule has 0 heterocycles. The van der Waals surface area contributed by atoms with Gasteiger partial charge in [0.1, 0.15) is 11.5 Å². The average molecular weight is 291 g/mol. The number of anilines is 1. The van der Waals surface area contributed by atoms with Crippen molar-refractivity contribution in [3.63, 3.8) is 0 Å². The smallest absolute Gasteiger partial charge is 0.295 e. The molecule has 1 aromatic rings. The fourth-order valence-corrected chi connectivity index (χ4v) is 1.89. The first-order valence-electron chi connectivity index (χ1n) is 5.92. The first-order valence-corrected chi connectivity index (χ1v) is 6.30. The van der Waals surface area contributed by atoms with Crippen molar-refractivity contribution in [1.29, 1.82) is 0 Å². The molecule has 0 bridgehead atoms. The van der Waals surface area contributed by atoms with Crippen molar-refractivity contribution in [2.45, 2.75) is 19.3 Å². The topological polar surface area (TPSA) is 66.6 Å². The van der Waals surface area contributed by atoms with E-state index >= 15 is 0 Å². The van der Waals surface area contributed by atoms with E-state index in [2.05, 4.69) is 0 Å². The molecule has 0 saturated carbocycles. The van der Waals surface area contributed by atoms with Gasteiger partial charge in [-0.3, -0.25) is 10.1 Å². The van der Waals surface area contributed by atoms with E-state index in [1.807, 2.05) is 0 Å². The molecule has 0 aliphatic heterocycles. The molecule has 0 amide bonds. The monoisotopic (exact) mass is 290 g/mol. The van der Waals surface area contributed by atoms with Gasteiger partial charge in [0.25, 0.3) is 5.69 Å². The highest BCUT2D eigenvalue weighted by Crippen LogP contribution is 2.32. The maximum Gasteiger partial charge on any atom is 0.295 e. The molecule has 106 valence electrons. The van der Waals surface area contributed by atoms with Crippen molar-refractivity contribution in [2.75, 3.05) is 25.1 Å². The lowest BCUT2D eigenvalue weighted by Crippen LogP contribution is -2.20. The summed E-state index contributed by atoms with van der Waals surface area (Å²) in [6.45, 7) is 0.703. The molecule has 1 N–H and O–H groups in total. The summed E-state index contributed by atoms with van der Waals surface area (Å²) in [5.41, 5.74) is -0.00745. The quantitative estimate of drug-likeness (QED) is 0.476. The van der Waals surface area contributed by atoms with Crippen LogP contribution in [0, 0.1) is 15.9 Å². The van der Waals surface area contributed by atoms with Gasteiger partial charge in [0.15, 0.2) is 0 Å². The molecule has 5 nitrogen and oxygen atoms in total. The predicted octanol–water partition coefficient (Wildman–Crippen LogP) is 2.99. The lowest BCUT2D eigenvalue weighted by atomic mass is 10.2. The third-order valence-electron chi connectivity index (χ3n) is 2.78. The van der Waals surface area contributed by atoms with Crippen LogP contribution in [-0.4, -0.2) is 30.2 Å². The highest BCUT2D eigenvalue weighted by atomic mass is 35.5. The van der Waals surface area contributed by atoms with E-state index in [4.69, 9.17) is 16.7 Å². The number of unbranched alkanes of at least 4 members (excludes halogenated alkanes) is 2. The van der Waals surface area contributed by atoms with Gasteiger partial charge in [-0.05, 0) is 25.3 Å². The summed E-state index contributed by atoms with van der Waals surface area (Å²) >= 11 is 5.66. The molecule has 0 atom stereocenters. The molecule has 19 heavy (non-hydrogen) atoms. The van der Waals surface area contributed by atoms with Crippen LogP contribution in [0.4, 0.5) is 15.8 Å². The Morgan fingerprint density at radius 2 is 2.11 bits per heavy atom. The van der Waals surface area contributed by atoms with E-state index in [1.54, 1.807) is 11.9 Å². The van der Waals surface area contributed by atoms with Crippen molar-refractivity contribution in [3.8, 4) is 0 Å². The van der Waals surface area contributed by atoms with Gasteiger partial charge < -0.3 is 10.0 Å². The standard InChI is InChI=1S/C12H16ClFN2O3/c1-15(5-3-2-4-6-17)11-7-9(13)10(14)8-12(11)16(18)19/h7-8,17H,2-6H2,1H3. The Kier molecular flexibility index (Phi) is 5.98. The summed E-state index contributed by atoms with van der Waals surface area (Å²) in [4.78, 5) is 11.9. The molecule has 0 fully saturated rings. The van der Waals surface area contributed by atoms with Crippen LogP contribution in [0.15, 0.2) is 12.1 Å². The molecule has 0 aliphatic rings. The van der Waals surface area contributed by atoms with E-state index in [0.29, 0.717) is 18.7 Å². The maximum absolute atomic E-state index is 13.3. The molecule has 0 spiro atoms. The van der Waals surface area contributed by atoms with Crippen LogP contribution in [0.2, 0.25) is 5.02 Å². The van der Waals surface area contributed by atoms with Crippen LogP contribution < -0.4 is 4.90 Å². The van der Waals surface area contributed by atoms with E-state index in [1.165, 1.54) is 6.07 Å². The van der Waals surface area contributed by atoms with Crippen LogP contribution >= 0.6 is 11.6 Å². The number of nitro groups is 1. The molecule has 0 unspecified atom stereocenters. The highest BCUT2D eigenvalue weighted by Gasteiger charge is 2.20. The second kappa shape index (κ2) is 7.25. The Labute approximate surface area is 115 Å². The summed E-state index contributed by atoms with van der Waals surface area (Å²) in [6.07, 6.45) is 2.30. The van der Waals surface area contributed by atoms with E-state index in [-0.39, 0.29) is 17.3 Å². The highest BCUT2D eigenvalue weighted by molar-refractivity contribution is 6.31. The zero-order valence-electron chi connectivity index (χ0n) is 10.6. The van der Waals surface area contributed by atoms with E-state index in [0.717, 1.165) is 18.9 Å². The van der Waals surface area contributed by atoms with Gasteiger partial charge in [0.2, 0.25) is 0 Å². The normalized spacial score (nSPS) is 10.5. The molecule has 0 aliphatic carbocycles. The lowest BCUT2D eigenvalue weighted by molar-refractivity contribution is -0.384. The van der Waals surface area contributed by atoms with Gasteiger partial charge in [-0.15, -0.1) is 0 Å². The fraction of sp³-hybridized carbons (Fsp3) is 0.500.